The lowest BCUT2D eigenvalue weighted by Gasteiger charge is -2.06. The number of hydrogen-bond donors (Lipinski definition) is 1. The van der Waals surface area contributed by atoms with Crippen LogP contribution in [0.5, 0.6) is 5.75 Å². The summed E-state index contributed by atoms with van der Waals surface area (Å²) in [6.07, 6.45) is 0. The maximum atomic E-state index is 12.6. The lowest BCUT2D eigenvalue weighted by molar-refractivity contribution is 0.0951. The highest BCUT2D eigenvalue weighted by atomic mass is 16.5. The Bertz CT molecular complexity index is 1100. The predicted octanol–water partition coefficient (Wildman–Crippen LogP) is 4.43. The van der Waals surface area contributed by atoms with Gasteiger partial charge in [0, 0.05) is 17.2 Å². The van der Waals surface area contributed by atoms with E-state index in [9.17, 15) is 4.79 Å². The summed E-state index contributed by atoms with van der Waals surface area (Å²) in [5.74, 6) is 1.23. The standard InChI is InChI=1S/C22H18N2O3/c1-26-18-9-4-8-16(12-18)21-13-17(24-27-21)14-23-22(25)20-11-5-7-15-6-2-3-10-19(15)20/h2-13H,14H2,1H3,(H,23,25). The van der Waals surface area contributed by atoms with E-state index >= 15 is 0 Å². The molecule has 0 aliphatic carbocycles. The van der Waals surface area contributed by atoms with E-state index in [-0.39, 0.29) is 12.5 Å². The SMILES string of the molecule is COc1cccc(-c2cc(CNC(=O)c3cccc4ccccc34)no2)c1. The quantitative estimate of drug-likeness (QED) is 0.573. The van der Waals surface area contributed by atoms with Crippen LogP contribution in [0.15, 0.2) is 77.3 Å². The highest BCUT2D eigenvalue weighted by molar-refractivity contribution is 6.06. The van der Waals surface area contributed by atoms with Crippen LogP contribution in [0.4, 0.5) is 0 Å². The molecule has 0 fully saturated rings. The average Bonchev–Trinajstić information content (AvgIpc) is 3.21. The van der Waals surface area contributed by atoms with Crippen molar-refractivity contribution in [3.8, 4) is 17.1 Å². The summed E-state index contributed by atoms with van der Waals surface area (Å²) in [5, 5.41) is 8.91. The number of amides is 1. The van der Waals surface area contributed by atoms with Crippen LogP contribution < -0.4 is 10.1 Å². The lowest BCUT2D eigenvalue weighted by Crippen LogP contribution is -2.23. The Kier molecular flexibility index (Phi) is 4.58. The summed E-state index contributed by atoms with van der Waals surface area (Å²) in [7, 11) is 1.62. The second-order valence-corrected chi connectivity index (χ2v) is 6.12. The molecule has 0 radical (unpaired) electrons. The summed E-state index contributed by atoms with van der Waals surface area (Å²) in [6, 6.07) is 22.9. The molecule has 4 rings (SSSR count). The van der Waals surface area contributed by atoms with Crippen molar-refractivity contribution in [3.05, 3.63) is 84.1 Å². The minimum Gasteiger partial charge on any atom is -0.497 e. The van der Waals surface area contributed by atoms with Gasteiger partial charge in [0.15, 0.2) is 5.76 Å². The second kappa shape index (κ2) is 7.33. The monoisotopic (exact) mass is 358 g/mol. The first-order chi connectivity index (χ1) is 13.2. The number of benzene rings is 3. The fraction of sp³-hybridized carbons (Fsp3) is 0.0909. The fourth-order valence-corrected chi connectivity index (χ4v) is 3.00. The number of carbonyl (C=O) groups is 1. The Hall–Kier alpha value is -3.60. The second-order valence-electron chi connectivity index (χ2n) is 6.12. The minimum absolute atomic E-state index is 0.141. The number of carbonyl (C=O) groups excluding carboxylic acids is 1. The summed E-state index contributed by atoms with van der Waals surface area (Å²) in [6.45, 7) is 0.287. The molecule has 0 saturated heterocycles. The van der Waals surface area contributed by atoms with E-state index in [0.29, 0.717) is 17.0 Å². The average molecular weight is 358 g/mol. The molecule has 1 aromatic heterocycles. The molecule has 5 heteroatoms. The number of methoxy groups -OCH3 is 1. The first-order valence-corrected chi connectivity index (χ1v) is 8.60. The summed E-state index contributed by atoms with van der Waals surface area (Å²) in [5.41, 5.74) is 2.17. The molecule has 0 saturated carbocycles. The van der Waals surface area contributed by atoms with Crippen molar-refractivity contribution < 1.29 is 14.1 Å². The van der Waals surface area contributed by atoms with Crippen molar-refractivity contribution in [1.82, 2.24) is 10.5 Å². The molecule has 0 atom stereocenters. The normalized spacial score (nSPS) is 10.7. The van der Waals surface area contributed by atoms with E-state index in [1.807, 2.05) is 72.8 Å². The van der Waals surface area contributed by atoms with Crippen LogP contribution in [0, 0.1) is 0 Å². The van der Waals surface area contributed by atoms with Gasteiger partial charge in [-0.3, -0.25) is 4.79 Å². The first kappa shape index (κ1) is 16.8. The van der Waals surface area contributed by atoms with Gasteiger partial charge in [0.05, 0.1) is 13.7 Å². The van der Waals surface area contributed by atoms with Crippen LogP contribution in [0.25, 0.3) is 22.1 Å². The van der Waals surface area contributed by atoms with Crippen molar-refractivity contribution in [3.63, 3.8) is 0 Å². The number of rotatable bonds is 5. The van der Waals surface area contributed by atoms with Crippen molar-refractivity contribution in [2.75, 3.05) is 7.11 Å². The van der Waals surface area contributed by atoms with Gasteiger partial charge < -0.3 is 14.6 Å². The van der Waals surface area contributed by atoms with Crippen LogP contribution >= 0.6 is 0 Å². The summed E-state index contributed by atoms with van der Waals surface area (Å²) < 4.78 is 10.6. The van der Waals surface area contributed by atoms with Crippen molar-refractivity contribution in [2.45, 2.75) is 6.54 Å². The largest absolute Gasteiger partial charge is 0.497 e. The third-order valence-electron chi connectivity index (χ3n) is 4.38. The maximum absolute atomic E-state index is 12.6. The van der Waals surface area contributed by atoms with Crippen LogP contribution in [-0.4, -0.2) is 18.2 Å². The van der Waals surface area contributed by atoms with Gasteiger partial charge >= 0.3 is 0 Å². The number of nitrogens with zero attached hydrogens (tertiary/aromatic N) is 1. The zero-order valence-corrected chi connectivity index (χ0v) is 14.8. The Balaban J connectivity index is 1.49. The van der Waals surface area contributed by atoms with Gasteiger partial charge in [-0.1, -0.05) is 53.7 Å². The predicted molar refractivity (Wildman–Crippen MR) is 104 cm³/mol. The molecule has 134 valence electrons. The van der Waals surface area contributed by atoms with Gasteiger partial charge in [-0.15, -0.1) is 0 Å². The number of ether oxygens (including phenoxy) is 1. The van der Waals surface area contributed by atoms with E-state index in [1.165, 1.54) is 0 Å². The lowest BCUT2D eigenvalue weighted by atomic mass is 10.0. The molecular formula is C22H18N2O3. The van der Waals surface area contributed by atoms with Crippen LogP contribution in [0.2, 0.25) is 0 Å². The molecule has 0 spiro atoms. The minimum atomic E-state index is -0.141. The zero-order chi connectivity index (χ0) is 18.6. The third kappa shape index (κ3) is 3.53. The van der Waals surface area contributed by atoms with Gasteiger partial charge in [-0.2, -0.15) is 0 Å². The molecule has 27 heavy (non-hydrogen) atoms. The molecule has 1 N–H and O–H groups in total. The maximum Gasteiger partial charge on any atom is 0.252 e. The zero-order valence-electron chi connectivity index (χ0n) is 14.8. The third-order valence-corrected chi connectivity index (χ3v) is 4.38. The molecule has 0 aliphatic heterocycles. The number of hydrogen-bond acceptors (Lipinski definition) is 4. The molecule has 0 aliphatic rings. The van der Waals surface area contributed by atoms with Gasteiger partial charge in [0.2, 0.25) is 0 Å². The Labute approximate surface area is 156 Å². The van der Waals surface area contributed by atoms with Crippen LogP contribution in [0.3, 0.4) is 0 Å². The summed E-state index contributed by atoms with van der Waals surface area (Å²) in [4.78, 5) is 12.6. The number of nitrogens with one attached hydrogen (secondary N) is 1. The molecule has 5 nitrogen and oxygen atoms in total. The molecule has 4 aromatic rings. The highest BCUT2D eigenvalue weighted by Gasteiger charge is 2.12. The summed E-state index contributed by atoms with van der Waals surface area (Å²) >= 11 is 0. The van der Waals surface area contributed by atoms with E-state index in [4.69, 9.17) is 9.26 Å². The molecule has 3 aromatic carbocycles. The van der Waals surface area contributed by atoms with E-state index in [1.54, 1.807) is 7.11 Å². The molecule has 1 amide bonds. The number of aromatic nitrogens is 1. The van der Waals surface area contributed by atoms with Gasteiger partial charge in [-0.05, 0) is 29.0 Å². The van der Waals surface area contributed by atoms with Crippen molar-refractivity contribution >= 4 is 16.7 Å². The van der Waals surface area contributed by atoms with Crippen molar-refractivity contribution in [1.29, 1.82) is 0 Å². The van der Waals surface area contributed by atoms with Gasteiger partial charge in [-0.25, -0.2) is 0 Å². The van der Waals surface area contributed by atoms with Gasteiger partial charge in [0.25, 0.3) is 5.91 Å². The first-order valence-electron chi connectivity index (χ1n) is 8.60. The molecular weight excluding hydrogens is 340 g/mol. The van der Waals surface area contributed by atoms with Crippen LogP contribution in [0.1, 0.15) is 16.1 Å². The Morgan fingerprint density at radius 1 is 1.04 bits per heavy atom. The van der Waals surface area contributed by atoms with E-state index < -0.39 is 0 Å². The Morgan fingerprint density at radius 3 is 2.74 bits per heavy atom. The number of fused-ring (bicyclic) bond motifs is 1. The van der Waals surface area contributed by atoms with Crippen LogP contribution in [-0.2, 0) is 6.54 Å². The Morgan fingerprint density at radius 2 is 1.85 bits per heavy atom. The van der Waals surface area contributed by atoms with Crippen molar-refractivity contribution in [2.24, 2.45) is 0 Å². The van der Waals surface area contributed by atoms with E-state index in [0.717, 1.165) is 22.1 Å². The van der Waals surface area contributed by atoms with Gasteiger partial charge in [0.1, 0.15) is 11.4 Å². The molecule has 1 heterocycles. The molecule has 0 bridgehead atoms. The highest BCUT2D eigenvalue weighted by Crippen LogP contribution is 2.24. The topological polar surface area (TPSA) is 64.4 Å². The fourth-order valence-electron chi connectivity index (χ4n) is 3.00. The smallest absolute Gasteiger partial charge is 0.252 e. The molecule has 0 unspecified atom stereocenters. The van der Waals surface area contributed by atoms with E-state index in [2.05, 4.69) is 10.5 Å².